The summed E-state index contributed by atoms with van der Waals surface area (Å²) in [4.78, 5) is 13.6. The minimum absolute atomic E-state index is 0.284. The molecule has 8 heteroatoms. The Bertz CT molecular complexity index is 891. The fourth-order valence-electron chi connectivity index (χ4n) is 3.03. The number of aromatic nitrogens is 4. The zero-order chi connectivity index (χ0) is 17.9. The highest BCUT2D eigenvalue weighted by Crippen LogP contribution is 2.20. The van der Waals surface area contributed by atoms with E-state index in [4.69, 9.17) is 0 Å². The summed E-state index contributed by atoms with van der Waals surface area (Å²) in [5.74, 6) is 0.310. The molecule has 0 N–H and O–H groups in total. The van der Waals surface area contributed by atoms with Crippen molar-refractivity contribution < 1.29 is 4.39 Å². The fraction of sp³-hybridized carbons (Fsp3) is 0.333. The third-order valence-electron chi connectivity index (χ3n) is 4.38. The van der Waals surface area contributed by atoms with Crippen LogP contribution >= 0.6 is 11.3 Å². The van der Waals surface area contributed by atoms with Crippen molar-refractivity contribution >= 4 is 17.3 Å². The van der Waals surface area contributed by atoms with Crippen molar-refractivity contribution in [3.8, 4) is 11.3 Å². The maximum absolute atomic E-state index is 13.4. The lowest BCUT2D eigenvalue weighted by Crippen LogP contribution is -2.46. The smallest absolute Gasteiger partial charge is 0.245 e. The summed E-state index contributed by atoms with van der Waals surface area (Å²) in [7, 11) is 0. The average Bonchev–Trinajstić information content (AvgIpc) is 3.07. The Labute approximate surface area is 155 Å². The van der Waals surface area contributed by atoms with Gasteiger partial charge in [0.1, 0.15) is 5.82 Å². The standard InChI is InChI=1S/C18H19FN6S/c1-13-21-16(12-26-13)11-24-5-7-25(8-6-24)18-22-17(10-20-23-18)14-3-2-4-15(19)9-14/h2-4,9-10,12H,5-8,11H2,1H3. The number of hydrogen-bond donors (Lipinski definition) is 0. The van der Waals surface area contributed by atoms with Gasteiger partial charge in [-0.15, -0.1) is 16.4 Å². The van der Waals surface area contributed by atoms with Gasteiger partial charge < -0.3 is 4.90 Å². The lowest BCUT2D eigenvalue weighted by Gasteiger charge is -2.34. The van der Waals surface area contributed by atoms with Crippen LogP contribution in [0.5, 0.6) is 0 Å². The maximum Gasteiger partial charge on any atom is 0.245 e. The summed E-state index contributed by atoms with van der Waals surface area (Å²) in [5, 5.41) is 11.4. The zero-order valence-electron chi connectivity index (χ0n) is 14.5. The van der Waals surface area contributed by atoms with Gasteiger partial charge in [-0.3, -0.25) is 4.90 Å². The van der Waals surface area contributed by atoms with Gasteiger partial charge in [-0.25, -0.2) is 14.4 Å². The predicted molar refractivity (Wildman–Crippen MR) is 99.6 cm³/mol. The molecule has 0 spiro atoms. The number of aryl methyl sites for hydroxylation is 1. The Morgan fingerprint density at radius 3 is 2.73 bits per heavy atom. The lowest BCUT2D eigenvalue weighted by atomic mass is 10.1. The van der Waals surface area contributed by atoms with Gasteiger partial charge >= 0.3 is 0 Å². The number of hydrogen-bond acceptors (Lipinski definition) is 7. The van der Waals surface area contributed by atoms with Crippen molar-refractivity contribution in [3.05, 3.63) is 52.4 Å². The second-order valence-electron chi connectivity index (χ2n) is 6.27. The summed E-state index contributed by atoms with van der Waals surface area (Å²) >= 11 is 1.69. The first kappa shape index (κ1) is 17.0. The van der Waals surface area contributed by atoms with E-state index in [9.17, 15) is 4.39 Å². The highest BCUT2D eigenvalue weighted by Gasteiger charge is 2.20. The van der Waals surface area contributed by atoms with Gasteiger partial charge in [-0.1, -0.05) is 12.1 Å². The lowest BCUT2D eigenvalue weighted by molar-refractivity contribution is 0.246. The molecule has 26 heavy (non-hydrogen) atoms. The first-order valence-corrected chi connectivity index (χ1v) is 9.39. The second-order valence-corrected chi connectivity index (χ2v) is 7.34. The van der Waals surface area contributed by atoms with Crippen LogP contribution in [0.2, 0.25) is 0 Å². The summed E-state index contributed by atoms with van der Waals surface area (Å²) < 4.78 is 13.4. The normalized spacial score (nSPS) is 15.4. The molecule has 1 aliphatic heterocycles. The molecule has 3 aromatic rings. The van der Waals surface area contributed by atoms with Crippen LogP contribution in [0.1, 0.15) is 10.7 Å². The van der Waals surface area contributed by atoms with Crippen LogP contribution in [0.15, 0.2) is 35.8 Å². The van der Waals surface area contributed by atoms with Crippen LogP contribution in [-0.4, -0.2) is 51.2 Å². The van der Waals surface area contributed by atoms with Crippen LogP contribution in [0.25, 0.3) is 11.3 Å². The Balaban J connectivity index is 1.42. The van der Waals surface area contributed by atoms with Crippen molar-refractivity contribution in [2.24, 2.45) is 0 Å². The van der Waals surface area contributed by atoms with Gasteiger partial charge in [-0.2, -0.15) is 5.10 Å². The van der Waals surface area contributed by atoms with Crippen molar-refractivity contribution in [1.29, 1.82) is 0 Å². The van der Waals surface area contributed by atoms with Gasteiger partial charge in [0.05, 0.1) is 22.6 Å². The zero-order valence-corrected chi connectivity index (χ0v) is 15.3. The number of halogens is 1. The molecule has 1 aliphatic rings. The van der Waals surface area contributed by atoms with E-state index in [2.05, 4.69) is 35.3 Å². The van der Waals surface area contributed by atoms with E-state index in [-0.39, 0.29) is 5.82 Å². The minimum Gasteiger partial charge on any atom is -0.337 e. The maximum atomic E-state index is 13.4. The van der Waals surface area contributed by atoms with E-state index >= 15 is 0 Å². The molecule has 0 atom stereocenters. The molecule has 6 nitrogen and oxygen atoms in total. The van der Waals surface area contributed by atoms with Crippen LogP contribution in [0, 0.1) is 12.7 Å². The molecule has 1 saturated heterocycles. The van der Waals surface area contributed by atoms with E-state index < -0.39 is 0 Å². The van der Waals surface area contributed by atoms with Gasteiger partial charge in [0, 0.05) is 43.7 Å². The quantitative estimate of drug-likeness (QED) is 0.704. The molecule has 1 fully saturated rings. The molecule has 134 valence electrons. The summed E-state index contributed by atoms with van der Waals surface area (Å²) in [6, 6.07) is 6.37. The number of benzene rings is 1. The number of thiazole rings is 1. The Kier molecular flexibility index (Phi) is 4.85. The van der Waals surface area contributed by atoms with Crippen molar-refractivity contribution in [1.82, 2.24) is 25.1 Å². The molecule has 0 aliphatic carbocycles. The molecule has 0 bridgehead atoms. The summed E-state index contributed by atoms with van der Waals surface area (Å²) in [6.45, 7) is 6.41. The summed E-state index contributed by atoms with van der Waals surface area (Å²) in [6.07, 6.45) is 1.57. The number of anilines is 1. The Morgan fingerprint density at radius 2 is 2.00 bits per heavy atom. The monoisotopic (exact) mass is 370 g/mol. The molecular weight excluding hydrogens is 351 g/mol. The number of nitrogens with zero attached hydrogens (tertiary/aromatic N) is 6. The highest BCUT2D eigenvalue weighted by molar-refractivity contribution is 7.09. The third kappa shape index (κ3) is 3.86. The van der Waals surface area contributed by atoms with E-state index in [1.165, 1.54) is 12.1 Å². The molecule has 0 unspecified atom stereocenters. The molecule has 3 heterocycles. The average molecular weight is 370 g/mol. The molecule has 0 radical (unpaired) electrons. The fourth-order valence-corrected chi connectivity index (χ4v) is 3.63. The Hall–Kier alpha value is -2.45. The first-order valence-electron chi connectivity index (χ1n) is 8.51. The molecule has 0 saturated carbocycles. The largest absolute Gasteiger partial charge is 0.337 e. The van der Waals surface area contributed by atoms with Crippen LogP contribution in [0.4, 0.5) is 10.3 Å². The third-order valence-corrected chi connectivity index (χ3v) is 5.20. The number of rotatable bonds is 4. The molecule has 2 aromatic heterocycles. The van der Waals surface area contributed by atoms with Gasteiger partial charge in [-0.05, 0) is 19.1 Å². The molecule has 1 aromatic carbocycles. The number of piperazine rings is 1. The molecule has 4 rings (SSSR count). The highest BCUT2D eigenvalue weighted by atomic mass is 32.1. The van der Waals surface area contributed by atoms with E-state index in [0.29, 0.717) is 17.2 Å². The van der Waals surface area contributed by atoms with Gasteiger partial charge in [0.2, 0.25) is 5.95 Å². The molecule has 0 amide bonds. The predicted octanol–water partition coefficient (Wildman–Crippen LogP) is 2.76. The van der Waals surface area contributed by atoms with Crippen LogP contribution < -0.4 is 4.90 Å². The SMILES string of the molecule is Cc1nc(CN2CCN(c3nncc(-c4cccc(F)c4)n3)CC2)cs1. The second kappa shape index (κ2) is 7.43. The molecular formula is C18H19FN6S. The van der Waals surface area contributed by atoms with E-state index in [0.717, 1.165) is 43.4 Å². The van der Waals surface area contributed by atoms with Crippen molar-refractivity contribution in [2.45, 2.75) is 13.5 Å². The summed E-state index contributed by atoms with van der Waals surface area (Å²) in [5.41, 5.74) is 2.47. The van der Waals surface area contributed by atoms with Gasteiger partial charge in [0.15, 0.2) is 0 Å². The van der Waals surface area contributed by atoms with E-state index in [1.807, 2.05) is 13.0 Å². The minimum atomic E-state index is -0.284. The van der Waals surface area contributed by atoms with Crippen LogP contribution in [0.3, 0.4) is 0 Å². The Morgan fingerprint density at radius 1 is 1.15 bits per heavy atom. The van der Waals surface area contributed by atoms with Crippen molar-refractivity contribution in [2.75, 3.05) is 31.1 Å². The van der Waals surface area contributed by atoms with Gasteiger partial charge in [0.25, 0.3) is 0 Å². The topological polar surface area (TPSA) is 58.0 Å². The van der Waals surface area contributed by atoms with Crippen LogP contribution in [-0.2, 0) is 6.54 Å². The van der Waals surface area contributed by atoms with Crippen molar-refractivity contribution in [3.63, 3.8) is 0 Å². The first-order chi connectivity index (χ1) is 12.7. The van der Waals surface area contributed by atoms with E-state index in [1.54, 1.807) is 23.6 Å².